The van der Waals surface area contributed by atoms with Gasteiger partial charge in [-0.3, -0.25) is 0 Å². The Morgan fingerprint density at radius 2 is 2.17 bits per heavy atom. The zero-order chi connectivity index (χ0) is 13.3. The van der Waals surface area contributed by atoms with Gasteiger partial charge in [-0.1, -0.05) is 24.6 Å². The molecule has 18 heavy (non-hydrogen) atoms. The minimum absolute atomic E-state index is 0.238. The highest BCUT2D eigenvalue weighted by molar-refractivity contribution is 5.88. The molecule has 0 bridgehead atoms. The number of ether oxygens (including phenoxy) is 1. The number of allylic oxidation sites excluding steroid dienone is 2. The van der Waals surface area contributed by atoms with E-state index in [1.165, 1.54) is 32.8 Å². The molecule has 1 fully saturated rings. The summed E-state index contributed by atoms with van der Waals surface area (Å²) in [5.41, 5.74) is 4.18. The molecule has 0 spiro atoms. The highest BCUT2D eigenvalue weighted by atomic mass is 16.5. The Balaban J connectivity index is 2.18. The molecule has 1 saturated carbocycles. The third-order valence-corrected chi connectivity index (χ3v) is 4.96. The molecule has 0 heterocycles. The molecule has 0 aromatic carbocycles. The van der Waals surface area contributed by atoms with E-state index in [9.17, 15) is 4.79 Å². The van der Waals surface area contributed by atoms with Gasteiger partial charge >= 0.3 is 5.97 Å². The number of hydrogen-bond donors (Lipinski definition) is 0. The van der Waals surface area contributed by atoms with Gasteiger partial charge in [0, 0.05) is 5.57 Å². The van der Waals surface area contributed by atoms with Crippen molar-refractivity contribution in [1.82, 2.24) is 0 Å². The summed E-state index contributed by atoms with van der Waals surface area (Å²) in [6.07, 6.45) is 7.10. The van der Waals surface area contributed by atoms with Crippen molar-refractivity contribution < 1.29 is 9.53 Å². The number of fused-ring (bicyclic) bond motifs is 1. The second-order valence-corrected chi connectivity index (χ2v) is 6.13. The molecule has 2 aliphatic carbocycles. The van der Waals surface area contributed by atoms with Crippen molar-refractivity contribution in [1.29, 1.82) is 0 Å². The zero-order valence-corrected chi connectivity index (χ0v) is 11.8. The summed E-state index contributed by atoms with van der Waals surface area (Å²) in [7, 11) is 1.44. The number of carbonyl (C=O) groups is 1. The van der Waals surface area contributed by atoms with Crippen LogP contribution in [0.5, 0.6) is 0 Å². The Labute approximate surface area is 110 Å². The van der Waals surface area contributed by atoms with Crippen molar-refractivity contribution in [3.05, 3.63) is 23.3 Å². The minimum atomic E-state index is -0.238. The predicted molar refractivity (Wildman–Crippen MR) is 73.2 cm³/mol. The Bertz CT molecular complexity index is 405. The molecule has 0 aromatic heterocycles. The number of carbonyl (C=O) groups excluding carboxylic acids is 1. The number of esters is 1. The molecule has 2 nitrogen and oxygen atoms in total. The Morgan fingerprint density at radius 1 is 1.44 bits per heavy atom. The Kier molecular flexibility index (Phi) is 3.65. The van der Waals surface area contributed by atoms with E-state index in [1.54, 1.807) is 11.1 Å². The zero-order valence-electron chi connectivity index (χ0n) is 11.8. The van der Waals surface area contributed by atoms with E-state index >= 15 is 0 Å². The number of methoxy groups -OCH3 is 1. The van der Waals surface area contributed by atoms with Gasteiger partial charge in [-0.2, -0.15) is 0 Å². The van der Waals surface area contributed by atoms with E-state index in [1.807, 2.05) is 0 Å². The molecular formula is C16H24O2. The SMILES string of the molecule is C=C(C(=O)OC)C1CCC2(C)CCCC(C)=C2C1. The van der Waals surface area contributed by atoms with Crippen molar-refractivity contribution in [3.8, 4) is 0 Å². The molecule has 2 rings (SSSR count). The summed E-state index contributed by atoms with van der Waals surface area (Å²) in [6.45, 7) is 8.59. The fourth-order valence-corrected chi connectivity index (χ4v) is 3.69. The van der Waals surface area contributed by atoms with Crippen molar-refractivity contribution >= 4 is 5.97 Å². The highest BCUT2D eigenvalue weighted by Crippen LogP contribution is 2.52. The molecule has 2 atom stereocenters. The third-order valence-electron chi connectivity index (χ3n) is 4.96. The van der Waals surface area contributed by atoms with E-state index in [2.05, 4.69) is 20.4 Å². The molecule has 0 saturated heterocycles. The fourth-order valence-electron chi connectivity index (χ4n) is 3.69. The van der Waals surface area contributed by atoms with E-state index in [4.69, 9.17) is 4.74 Å². The van der Waals surface area contributed by atoms with Crippen LogP contribution in [0.1, 0.15) is 52.4 Å². The van der Waals surface area contributed by atoms with Gasteiger partial charge in [0.2, 0.25) is 0 Å². The van der Waals surface area contributed by atoms with Gasteiger partial charge in [-0.25, -0.2) is 4.79 Å². The maximum atomic E-state index is 11.6. The molecule has 2 aliphatic rings. The normalized spacial score (nSPS) is 31.8. The van der Waals surface area contributed by atoms with E-state index < -0.39 is 0 Å². The molecule has 0 radical (unpaired) electrons. The smallest absolute Gasteiger partial charge is 0.333 e. The molecule has 0 amide bonds. The van der Waals surface area contributed by atoms with E-state index in [-0.39, 0.29) is 11.9 Å². The van der Waals surface area contributed by atoms with Gasteiger partial charge in [0.25, 0.3) is 0 Å². The first-order valence-electron chi connectivity index (χ1n) is 6.94. The number of rotatable bonds is 2. The molecule has 2 heteroatoms. The summed E-state index contributed by atoms with van der Waals surface area (Å²) in [6, 6.07) is 0. The molecule has 0 aliphatic heterocycles. The maximum Gasteiger partial charge on any atom is 0.333 e. The van der Waals surface area contributed by atoms with Crippen LogP contribution in [0, 0.1) is 11.3 Å². The Morgan fingerprint density at radius 3 is 2.83 bits per heavy atom. The lowest BCUT2D eigenvalue weighted by Crippen LogP contribution is -2.32. The van der Waals surface area contributed by atoms with Crippen LogP contribution in [0.3, 0.4) is 0 Å². The van der Waals surface area contributed by atoms with Crippen LogP contribution in [0.4, 0.5) is 0 Å². The van der Waals surface area contributed by atoms with Crippen LogP contribution < -0.4 is 0 Å². The second kappa shape index (κ2) is 4.91. The van der Waals surface area contributed by atoms with Gasteiger partial charge < -0.3 is 4.74 Å². The summed E-state index contributed by atoms with van der Waals surface area (Å²) in [5.74, 6) is 0.0474. The van der Waals surface area contributed by atoms with Gasteiger partial charge in [0.05, 0.1) is 7.11 Å². The van der Waals surface area contributed by atoms with Gasteiger partial charge in [0.15, 0.2) is 0 Å². The lowest BCUT2D eigenvalue weighted by atomic mass is 9.61. The maximum absolute atomic E-state index is 11.6. The predicted octanol–water partition coefficient (Wildman–Crippen LogP) is 4.02. The quantitative estimate of drug-likeness (QED) is 0.419. The minimum Gasteiger partial charge on any atom is -0.466 e. The molecular weight excluding hydrogens is 224 g/mol. The largest absolute Gasteiger partial charge is 0.466 e. The summed E-state index contributed by atoms with van der Waals surface area (Å²) in [5, 5.41) is 0. The molecule has 2 unspecified atom stereocenters. The van der Waals surface area contributed by atoms with Gasteiger partial charge in [-0.15, -0.1) is 0 Å². The highest BCUT2D eigenvalue weighted by Gasteiger charge is 2.39. The fraction of sp³-hybridized carbons (Fsp3) is 0.688. The summed E-state index contributed by atoms with van der Waals surface area (Å²) in [4.78, 5) is 11.6. The summed E-state index contributed by atoms with van der Waals surface area (Å²) < 4.78 is 4.80. The second-order valence-electron chi connectivity index (χ2n) is 6.13. The summed E-state index contributed by atoms with van der Waals surface area (Å²) >= 11 is 0. The van der Waals surface area contributed by atoms with E-state index in [0.29, 0.717) is 11.0 Å². The average Bonchev–Trinajstić information content (AvgIpc) is 2.36. The van der Waals surface area contributed by atoms with Crippen molar-refractivity contribution in [2.75, 3.05) is 7.11 Å². The van der Waals surface area contributed by atoms with Crippen LogP contribution in [0.2, 0.25) is 0 Å². The van der Waals surface area contributed by atoms with Crippen molar-refractivity contribution in [2.45, 2.75) is 52.4 Å². The van der Waals surface area contributed by atoms with Crippen LogP contribution in [-0.2, 0) is 9.53 Å². The lowest BCUT2D eigenvalue weighted by Gasteiger charge is -2.44. The van der Waals surface area contributed by atoms with Crippen LogP contribution in [0.15, 0.2) is 23.3 Å². The standard InChI is InChI=1S/C16H24O2/c1-11-6-5-8-16(3)9-7-13(10-14(11)16)12(2)15(17)18-4/h13H,2,5-10H2,1,3-4H3. The van der Waals surface area contributed by atoms with Crippen LogP contribution in [0.25, 0.3) is 0 Å². The average molecular weight is 248 g/mol. The molecule has 100 valence electrons. The van der Waals surface area contributed by atoms with Crippen molar-refractivity contribution in [2.24, 2.45) is 11.3 Å². The van der Waals surface area contributed by atoms with Gasteiger partial charge in [-0.05, 0) is 56.8 Å². The first kappa shape index (κ1) is 13.4. The molecule has 0 aromatic rings. The first-order chi connectivity index (χ1) is 8.48. The Hall–Kier alpha value is -1.05. The lowest BCUT2D eigenvalue weighted by molar-refractivity contribution is -0.136. The third kappa shape index (κ3) is 2.25. The molecule has 0 N–H and O–H groups in total. The van der Waals surface area contributed by atoms with E-state index in [0.717, 1.165) is 12.8 Å². The topological polar surface area (TPSA) is 26.3 Å². The van der Waals surface area contributed by atoms with Crippen molar-refractivity contribution in [3.63, 3.8) is 0 Å². The van der Waals surface area contributed by atoms with Crippen LogP contribution >= 0.6 is 0 Å². The number of hydrogen-bond acceptors (Lipinski definition) is 2. The van der Waals surface area contributed by atoms with Crippen LogP contribution in [-0.4, -0.2) is 13.1 Å². The monoisotopic (exact) mass is 248 g/mol. The first-order valence-corrected chi connectivity index (χ1v) is 6.94. The van der Waals surface area contributed by atoms with Gasteiger partial charge in [0.1, 0.15) is 0 Å².